The van der Waals surface area contributed by atoms with Crippen LogP contribution in [0.1, 0.15) is 28.7 Å². The topological polar surface area (TPSA) is 88.9 Å². The maximum Gasteiger partial charge on any atom is 0.254 e. The largest absolute Gasteiger partial charge is 0.345 e. The highest BCUT2D eigenvalue weighted by molar-refractivity contribution is 7.99. The number of rotatable bonds is 8. The lowest BCUT2D eigenvalue weighted by Crippen LogP contribution is -2.25. The number of para-hydroxylation sites is 1. The molecule has 0 saturated carbocycles. The van der Waals surface area contributed by atoms with Gasteiger partial charge in [-0.05, 0) is 37.6 Å². The van der Waals surface area contributed by atoms with Gasteiger partial charge in [0, 0.05) is 12.2 Å². The van der Waals surface area contributed by atoms with Crippen LogP contribution >= 0.6 is 11.8 Å². The van der Waals surface area contributed by atoms with Gasteiger partial charge in [0.2, 0.25) is 5.91 Å². The Morgan fingerprint density at radius 2 is 1.83 bits per heavy atom. The average molecular weight is 428 g/mol. The average Bonchev–Trinajstić information content (AvgIpc) is 3.14. The molecule has 156 valence electrons. The Kier molecular flexibility index (Phi) is 7.18. The molecule has 0 aliphatic carbocycles. The monoisotopic (exact) mass is 427 g/mol. The fourth-order valence-corrected chi connectivity index (χ4v) is 3.62. The number of thioether (sulfide) groups is 1. The van der Waals surface area contributed by atoms with Crippen LogP contribution in [0.4, 0.5) is 10.1 Å². The van der Waals surface area contributed by atoms with Gasteiger partial charge in [-0.25, -0.2) is 4.39 Å². The smallest absolute Gasteiger partial charge is 0.254 e. The summed E-state index contributed by atoms with van der Waals surface area (Å²) in [6.45, 7) is 4.52. The summed E-state index contributed by atoms with van der Waals surface area (Å²) in [5.41, 5.74) is 1.74. The minimum absolute atomic E-state index is 0.0254. The van der Waals surface area contributed by atoms with Gasteiger partial charge < -0.3 is 15.2 Å². The summed E-state index contributed by atoms with van der Waals surface area (Å²) in [5.74, 6) is -0.541. The molecule has 0 aliphatic heterocycles. The Balaban J connectivity index is 1.58. The Hall–Kier alpha value is -3.20. The summed E-state index contributed by atoms with van der Waals surface area (Å²) in [6, 6.07) is 13.3. The highest BCUT2D eigenvalue weighted by Gasteiger charge is 2.16. The first-order valence-electron chi connectivity index (χ1n) is 9.42. The highest BCUT2D eigenvalue weighted by Crippen LogP contribution is 2.19. The second kappa shape index (κ2) is 10.0. The summed E-state index contributed by atoms with van der Waals surface area (Å²) in [7, 11) is 0. The Morgan fingerprint density at radius 3 is 2.57 bits per heavy atom. The summed E-state index contributed by atoms with van der Waals surface area (Å²) in [5, 5.41) is 14.3. The van der Waals surface area contributed by atoms with E-state index in [9.17, 15) is 14.0 Å². The lowest BCUT2D eigenvalue weighted by atomic mass is 10.2. The molecule has 0 unspecified atom stereocenters. The van der Waals surface area contributed by atoms with E-state index in [1.165, 1.54) is 30.0 Å². The minimum Gasteiger partial charge on any atom is -0.345 e. The van der Waals surface area contributed by atoms with E-state index in [-0.39, 0.29) is 23.8 Å². The van der Waals surface area contributed by atoms with Gasteiger partial charge in [0.15, 0.2) is 11.0 Å². The number of benzene rings is 2. The molecule has 30 heavy (non-hydrogen) atoms. The number of nitrogens with one attached hydrogen (secondary N) is 2. The zero-order valence-electron chi connectivity index (χ0n) is 16.7. The van der Waals surface area contributed by atoms with E-state index >= 15 is 0 Å². The number of aromatic nitrogens is 3. The van der Waals surface area contributed by atoms with Gasteiger partial charge >= 0.3 is 0 Å². The molecule has 0 radical (unpaired) electrons. The molecule has 2 aromatic carbocycles. The third-order valence-electron chi connectivity index (χ3n) is 4.39. The van der Waals surface area contributed by atoms with E-state index in [1.54, 1.807) is 6.07 Å². The molecule has 0 atom stereocenters. The van der Waals surface area contributed by atoms with E-state index in [1.807, 2.05) is 42.7 Å². The van der Waals surface area contributed by atoms with Crippen LogP contribution in [0.25, 0.3) is 0 Å². The van der Waals surface area contributed by atoms with Gasteiger partial charge in [-0.15, -0.1) is 10.2 Å². The van der Waals surface area contributed by atoms with E-state index in [2.05, 4.69) is 20.8 Å². The molecule has 1 aromatic heterocycles. The fraction of sp³-hybridized carbons (Fsp3) is 0.238. The third-order valence-corrected chi connectivity index (χ3v) is 5.35. The first-order chi connectivity index (χ1) is 14.5. The molecule has 1 heterocycles. The molecule has 0 spiro atoms. The van der Waals surface area contributed by atoms with Crippen LogP contribution < -0.4 is 10.6 Å². The number of carbonyl (C=O) groups excluding carboxylic acids is 2. The van der Waals surface area contributed by atoms with Crippen molar-refractivity contribution in [3.63, 3.8) is 0 Å². The number of amides is 2. The quantitative estimate of drug-likeness (QED) is 0.538. The second-order valence-corrected chi connectivity index (χ2v) is 7.40. The van der Waals surface area contributed by atoms with Crippen LogP contribution in [-0.4, -0.2) is 32.3 Å². The molecular weight excluding hydrogens is 405 g/mol. The number of carbonyl (C=O) groups is 2. The SMILES string of the molecule is CCn1c(CNC(=O)c2ccccc2F)nnc1SCC(=O)Nc1ccccc1C. The van der Waals surface area contributed by atoms with Crippen LogP contribution in [0, 0.1) is 12.7 Å². The zero-order chi connectivity index (χ0) is 21.5. The maximum absolute atomic E-state index is 13.7. The van der Waals surface area contributed by atoms with Crippen molar-refractivity contribution in [1.82, 2.24) is 20.1 Å². The van der Waals surface area contributed by atoms with E-state index in [0.717, 1.165) is 11.3 Å². The molecule has 9 heteroatoms. The molecule has 0 saturated heterocycles. The van der Waals surface area contributed by atoms with Crippen molar-refractivity contribution in [2.45, 2.75) is 32.1 Å². The number of hydrogen-bond donors (Lipinski definition) is 2. The van der Waals surface area contributed by atoms with Crippen molar-refractivity contribution in [2.24, 2.45) is 0 Å². The molecule has 0 fully saturated rings. The number of aryl methyl sites for hydroxylation is 1. The van der Waals surface area contributed by atoms with E-state index in [4.69, 9.17) is 0 Å². The Morgan fingerprint density at radius 1 is 1.10 bits per heavy atom. The van der Waals surface area contributed by atoms with Gasteiger partial charge in [0.25, 0.3) is 5.91 Å². The molecule has 7 nitrogen and oxygen atoms in total. The zero-order valence-corrected chi connectivity index (χ0v) is 17.5. The van der Waals surface area contributed by atoms with Crippen molar-refractivity contribution < 1.29 is 14.0 Å². The molecule has 0 aliphatic rings. The molecule has 2 amide bonds. The van der Waals surface area contributed by atoms with Crippen LogP contribution in [-0.2, 0) is 17.9 Å². The first-order valence-corrected chi connectivity index (χ1v) is 10.4. The van der Waals surface area contributed by atoms with E-state index in [0.29, 0.717) is 17.5 Å². The van der Waals surface area contributed by atoms with E-state index < -0.39 is 11.7 Å². The molecule has 2 N–H and O–H groups in total. The number of anilines is 1. The van der Waals surface area contributed by atoms with Crippen LogP contribution in [0.3, 0.4) is 0 Å². The molecular formula is C21H22FN5O2S. The van der Waals surface area contributed by atoms with Crippen LogP contribution in [0.15, 0.2) is 53.7 Å². The van der Waals surface area contributed by atoms with Gasteiger partial charge in [-0.3, -0.25) is 9.59 Å². The second-order valence-electron chi connectivity index (χ2n) is 6.46. The maximum atomic E-state index is 13.7. The molecule has 3 rings (SSSR count). The van der Waals surface area contributed by atoms with Crippen molar-refractivity contribution in [1.29, 1.82) is 0 Å². The van der Waals surface area contributed by atoms with Crippen molar-refractivity contribution >= 4 is 29.3 Å². The van der Waals surface area contributed by atoms with Crippen LogP contribution in [0.5, 0.6) is 0 Å². The Bertz CT molecular complexity index is 1050. The summed E-state index contributed by atoms with van der Waals surface area (Å²) in [4.78, 5) is 24.5. The Labute approximate surface area is 178 Å². The van der Waals surface area contributed by atoms with Crippen molar-refractivity contribution in [3.05, 3.63) is 71.3 Å². The third kappa shape index (κ3) is 5.24. The number of nitrogens with zero attached hydrogens (tertiary/aromatic N) is 3. The number of hydrogen-bond acceptors (Lipinski definition) is 5. The lowest BCUT2D eigenvalue weighted by Gasteiger charge is -2.10. The summed E-state index contributed by atoms with van der Waals surface area (Å²) < 4.78 is 15.6. The minimum atomic E-state index is -0.581. The van der Waals surface area contributed by atoms with Gasteiger partial charge in [-0.2, -0.15) is 0 Å². The van der Waals surface area contributed by atoms with Gasteiger partial charge in [0.1, 0.15) is 5.82 Å². The standard InChI is InChI=1S/C21H22FN5O2S/c1-3-27-18(12-23-20(29)15-9-5-6-10-16(15)22)25-26-21(27)30-13-19(28)24-17-11-7-4-8-14(17)2/h4-11H,3,12-13H2,1-2H3,(H,23,29)(H,24,28). The number of halogens is 1. The van der Waals surface area contributed by atoms with Crippen molar-refractivity contribution in [3.8, 4) is 0 Å². The van der Waals surface area contributed by atoms with Crippen LogP contribution in [0.2, 0.25) is 0 Å². The van der Waals surface area contributed by atoms with Gasteiger partial charge in [0.05, 0.1) is 17.9 Å². The first kappa shape index (κ1) is 21.5. The summed E-state index contributed by atoms with van der Waals surface area (Å²) >= 11 is 1.26. The molecule has 3 aromatic rings. The fourth-order valence-electron chi connectivity index (χ4n) is 2.80. The highest BCUT2D eigenvalue weighted by atomic mass is 32.2. The normalized spacial score (nSPS) is 10.6. The predicted molar refractivity (Wildman–Crippen MR) is 114 cm³/mol. The summed E-state index contributed by atoms with van der Waals surface area (Å²) in [6.07, 6.45) is 0. The van der Waals surface area contributed by atoms with Gasteiger partial charge in [-0.1, -0.05) is 42.1 Å². The molecule has 0 bridgehead atoms. The lowest BCUT2D eigenvalue weighted by molar-refractivity contribution is -0.113. The van der Waals surface area contributed by atoms with Crippen molar-refractivity contribution in [2.75, 3.05) is 11.1 Å². The predicted octanol–water partition coefficient (Wildman–Crippen LogP) is 3.41.